The third-order valence-electron chi connectivity index (χ3n) is 3.65. The molecule has 3 rings (SSSR count). The van der Waals surface area contributed by atoms with E-state index in [1.807, 2.05) is 25.1 Å². The fraction of sp³-hybridized carbons (Fsp3) is 0.200. The van der Waals surface area contributed by atoms with Crippen molar-refractivity contribution in [2.45, 2.75) is 18.7 Å². The van der Waals surface area contributed by atoms with Crippen molar-refractivity contribution in [3.05, 3.63) is 60.9 Å². The quantitative estimate of drug-likeness (QED) is 0.566. The Morgan fingerprint density at radius 2 is 1.59 bits per heavy atom. The molecule has 0 saturated carbocycles. The second-order valence-electron chi connectivity index (χ2n) is 5.75. The normalized spacial score (nSPS) is 11.0. The van der Waals surface area contributed by atoms with Gasteiger partial charge in [0.1, 0.15) is 22.1 Å². The van der Waals surface area contributed by atoms with Crippen LogP contribution in [0.4, 0.5) is 5.69 Å². The molecular weight excluding hydrogens is 394 g/mol. The van der Waals surface area contributed by atoms with Crippen molar-refractivity contribution in [1.82, 2.24) is 9.97 Å². The Hall–Kier alpha value is -3.33. The van der Waals surface area contributed by atoms with Crippen LogP contribution in [-0.2, 0) is 10.0 Å². The van der Waals surface area contributed by atoms with E-state index in [-0.39, 0.29) is 22.3 Å². The number of ether oxygens (including phenoxy) is 3. The van der Waals surface area contributed by atoms with Crippen molar-refractivity contribution in [3.8, 4) is 23.3 Å². The summed E-state index contributed by atoms with van der Waals surface area (Å²) < 4.78 is 44.6. The summed E-state index contributed by atoms with van der Waals surface area (Å²) in [5.74, 6) is 1.24. The van der Waals surface area contributed by atoms with Crippen LogP contribution in [0.1, 0.15) is 13.8 Å². The summed E-state index contributed by atoms with van der Waals surface area (Å²) in [6, 6.07) is 13.8. The topological polar surface area (TPSA) is 99.6 Å². The fourth-order valence-corrected chi connectivity index (χ4v) is 3.64. The monoisotopic (exact) mass is 415 g/mol. The fourth-order valence-electron chi connectivity index (χ4n) is 2.46. The SMILES string of the molecule is CCOc1ccc(OCC)c(S(=O)(=O)Nc2cnc(Oc3ccccc3)nc2)c1. The number of rotatable bonds is 9. The molecule has 1 aromatic heterocycles. The van der Waals surface area contributed by atoms with Crippen LogP contribution in [0.25, 0.3) is 0 Å². The summed E-state index contributed by atoms with van der Waals surface area (Å²) >= 11 is 0. The Kier molecular flexibility index (Phi) is 6.50. The Bertz CT molecular complexity index is 1040. The van der Waals surface area contributed by atoms with Crippen LogP contribution in [-0.4, -0.2) is 31.6 Å². The second kappa shape index (κ2) is 9.24. The van der Waals surface area contributed by atoms with E-state index in [4.69, 9.17) is 14.2 Å². The minimum atomic E-state index is -3.95. The standard InChI is InChI=1S/C20H21N3O5S/c1-3-26-17-10-11-18(27-4-2)19(12-17)29(24,25)23-15-13-21-20(22-14-15)28-16-8-6-5-7-9-16/h5-14,23H,3-4H2,1-2H3. The van der Waals surface area contributed by atoms with Gasteiger partial charge in [-0.25, -0.2) is 18.4 Å². The van der Waals surface area contributed by atoms with Crippen LogP contribution in [0, 0.1) is 0 Å². The van der Waals surface area contributed by atoms with Gasteiger partial charge in [-0.3, -0.25) is 4.72 Å². The molecule has 0 radical (unpaired) electrons. The predicted octanol–water partition coefficient (Wildman–Crippen LogP) is 3.87. The number of benzene rings is 2. The first kappa shape index (κ1) is 20.4. The molecule has 0 spiro atoms. The summed E-state index contributed by atoms with van der Waals surface area (Å²) in [5.41, 5.74) is 0.190. The number of anilines is 1. The third kappa shape index (κ3) is 5.35. The summed E-state index contributed by atoms with van der Waals surface area (Å²) in [4.78, 5) is 8.05. The largest absolute Gasteiger partial charge is 0.494 e. The first-order valence-electron chi connectivity index (χ1n) is 8.99. The number of para-hydroxylation sites is 1. The number of hydrogen-bond acceptors (Lipinski definition) is 7. The summed E-state index contributed by atoms with van der Waals surface area (Å²) in [6.07, 6.45) is 2.66. The van der Waals surface area contributed by atoms with Crippen molar-refractivity contribution in [3.63, 3.8) is 0 Å². The van der Waals surface area contributed by atoms with Gasteiger partial charge in [0.25, 0.3) is 10.0 Å². The number of aromatic nitrogens is 2. The maximum absolute atomic E-state index is 12.9. The van der Waals surface area contributed by atoms with Crippen molar-refractivity contribution >= 4 is 15.7 Å². The van der Waals surface area contributed by atoms with E-state index in [9.17, 15) is 8.42 Å². The third-order valence-corrected chi connectivity index (χ3v) is 5.05. The van der Waals surface area contributed by atoms with E-state index < -0.39 is 10.0 Å². The van der Waals surface area contributed by atoms with Crippen molar-refractivity contribution in [1.29, 1.82) is 0 Å². The van der Waals surface area contributed by atoms with Gasteiger partial charge < -0.3 is 14.2 Å². The van der Waals surface area contributed by atoms with E-state index in [0.29, 0.717) is 24.7 Å². The van der Waals surface area contributed by atoms with Gasteiger partial charge in [-0.2, -0.15) is 0 Å². The Morgan fingerprint density at radius 1 is 0.897 bits per heavy atom. The zero-order chi connectivity index (χ0) is 20.7. The zero-order valence-corrected chi connectivity index (χ0v) is 16.8. The molecule has 0 bridgehead atoms. The lowest BCUT2D eigenvalue weighted by Gasteiger charge is -2.14. The maximum atomic E-state index is 12.9. The molecular formula is C20H21N3O5S. The van der Waals surface area contributed by atoms with Gasteiger partial charge in [0.05, 0.1) is 31.3 Å². The molecule has 29 heavy (non-hydrogen) atoms. The van der Waals surface area contributed by atoms with Crippen molar-refractivity contribution < 1.29 is 22.6 Å². The molecule has 9 heteroatoms. The molecule has 0 fully saturated rings. The van der Waals surface area contributed by atoms with Crippen LogP contribution in [0.5, 0.6) is 23.3 Å². The first-order chi connectivity index (χ1) is 14.0. The smallest absolute Gasteiger partial charge is 0.322 e. The lowest BCUT2D eigenvalue weighted by molar-refractivity contribution is 0.322. The molecule has 2 aromatic carbocycles. The van der Waals surface area contributed by atoms with Gasteiger partial charge in [0.2, 0.25) is 0 Å². The minimum absolute atomic E-state index is 0.0325. The van der Waals surface area contributed by atoms with E-state index in [1.165, 1.54) is 18.5 Å². The minimum Gasteiger partial charge on any atom is -0.494 e. The molecule has 0 atom stereocenters. The zero-order valence-electron chi connectivity index (χ0n) is 16.0. The molecule has 0 saturated heterocycles. The summed E-state index contributed by atoms with van der Waals surface area (Å²) in [7, 11) is -3.95. The number of nitrogens with zero attached hydrogens (tertiary/aromatic N) is 2. The van der Waals surface area contributed by atoms with Crippen LogP contribution < -0.4 is 18.9 Å². The van der Waals surface area contributed by atoms with Gasteiger partial charge in [-0.15, -0.1) is 0 Å². The Labute approximate surface area is 169 Å². The molecule has 0 aliphatic rings. The molecule has 0 amide bonds. The lowest BCUT2D eigenvalue weighted by atomic mass is 10.3. The van der Waals surface area contributed by atoms with E-state index in [1.54, 1.807) is 31.2 Å². The van der Waals surface area contributed by atoms with E-state index in [2.05, 4.69) is 14.7 Å². The van der Waals surface area contributed by atoms with Gasteiger partial charge >= 0.3 is 6.01 Å². The molecule has 1 N–H and O–H groups in total. The number of hydrogen-bond donors (Lipinski definition) is 1. The van der Waals surface area contributed by atoms with Crippen LogP contribution in [0.2, 0.25) is 0 Å². The second-order valence-corrected chi connectivity index (χ2v) is 7.40. The highest BCUT2D eigenvalue weighted by atomic mass is 32.2. The van der Waals surface area contributed by atoms with Gasteiger partial charge in [0, 0.05) is 6.07 Å². The summed E-state index contributed by atoms with van der Waals surface area (Å²) in [5, 5.41) is 0. The van der Waals surface area contributed by atoms with Crippen LogP contribution >= 0.6 is 0 Å². The van der Waals surface area contributed by atoms with E-state index >= 15 is 0 Å². The first-order valence-corrected chi connectivity index (χ1v) is 10.5. The number of nitrogens with one attached hydrogen (secondary N) is 1. The lowest BCUT2D eigenvalue weighted by Crippen LogP contribution is -2.15. The highest BCUT2D eigenvalue weighted by molar-refractivity contribution is 7.92. The van der Waals surface area contributed by atoms with Gasteiger partial charge in [-0.1, -0.05) is 18.2 Å². The van der Waals surface area contributed by atoms with Gasteiger partial charge in [0.15, 0.2) is 0 Å². The highest BCUT2D eigenvalue weighted by Gasteiger charge is 2.21. The van der Waals surface area contributed by atoms with Crippen LogP contribution in [0.3, 0.4) is 0 Å². The predicted molar refractivity (Wildman–Crippen MR) is 108 cm³/mol. The molecule has 152 valence electrons. The maximum Gasteiger partial charge on any atom is 0.322 e. The number of sulfonamides is 1. The highest BCUT2D eigenvalue weighted by Crippen LogP contribution is 2.30. The Balaban J connectivity index is 1.80. The molecule has 1 heterocycles. The molecule has 0 aliphatic carbocycles. The summed E-state index contributed by atoms with van der Waals surface area (Å²) in [6.45, 7) is 4.33. The van der Waals surface area contributed by atoms with Crippen molar-refractivity contribution in [2.24, 2.45) is 0 Å². The van der Waals surface area contributed by atoms with Gasteiger partial charge in [-0.05, 0) is 38.1 Å². The average molecular weight is 415 g/mol. The molecule has 0 unspecified atom stereocenters. The van der Waals surface area contributed by atoms with Crippen LogP contribution in [0.15, 0.2) is 65.8 Å². The molecule has 3 aromatic rings. The average Bonchev–Trinajstić information content (AvgIpc) is 2.71. The van der Waals surface area contributed by atoms with E-state index in [0.717, 1.165) is 0 Å². The molecule has 0 aliphatic heterocycles. The Morgan fingerprint density at radius 3 is 2.24 bits per heavy atom. The molecule has 8 nitrogen and oxygen atoms in total. The van der Waals surface area contributed by atoms with Crippen molar-refractivity contribution in [2.75, 3.05) is 17.9 Å².